The highest BCUT2D eigenvalue weighted by Gasteiger charge is 2.36. The van der Waals surface area contributed by atoms with Crippen molar-refractivity contribution < 1.29 is 14.4 Å². The predicted molar refractivity (Wildman–Crippen MR) is 47.2 cm³/mol. The van der Waals surface area contributed by atoms with Gasteiger partial charge in [0.2, 0.25) is 6.41 Å². The Morgan fingerprint density at radius 1 is 1.29 bits per heavy atom. The summed E-state index contributed by atoms with van der Waals surface area (Å²) >= 11 is 0. The van der Waals surface area contributed by atoms with Crippen LogP contribution in [0.2, 0.25) is 0 Å². The van der Waals surface area contributed by atoms with Gasteiger partial charge in [0.05, 0.1) is 0 Å². The van der Waals surface area contributed by atoms with Crippen LogP contribution in [-0.4, -0.2) is 53.8 Å². The third kappa shape index (κ3) is 1.28. The molecule has 0 unspecified atom stereocenters. The Labute approximate surface area is 79.5 Å². The second kappa shape index (κ2) is 3.36. The second-order valence-electron chi connectivity index (χ2n) is 2.64. The molecular formula is C7H8N4O3. The summed E-state index contributed by atoms with van der Waals surface area (Å²) in [4.78, 5) is 37.6. The summed E-state index contributed by atoms with van der Waals surface area (Å²) in [6.45, 7) is 0. The third-order valence-corrected chi connectivity index (χ3v) is 1.82. The Balaban J connectivity index is 3.17. The molecule has 7 heteroatoms. The van der Waals surface area contributed by atoms with Crippen LogP contribution in [0.15, 0.2) is 4.99 Å². The smallest absolute Gasteiger partial charge is 0.282 e. The van der Waals surface area contributed by atoms with E-state index in [0.29, 0.717) is 0 Å². The van der Waals surface area contributed by atoms with Crippen molar-refractivity contribution in [3.63, 3.8) is 0 Å². The van der Waals surface area contributed by atoms with E-state index in [1.54, 1.807) is 0 Å². The summed E-state index contributed by atoms with van der Waals surface area (Å²) in [5.74, 6) is -1.12. The minimum Gasteiger partial charge on any atom is -0.282 e. The molecule has 0 aromatic heterocycles. The third-order valence-electron chi connectivity index (χ3n) is 1.82. The quantitative estimate of drug-likeness (QED) is 0.550. The van der Waals surface area contributed by atoms with Gasteiger partial charge in [0, 0.05) is 14.1 Å². The molecule has 0 aromatic rings. The highest BCUT2D eigenvalue weighted by Crippen LogP contribution is 2.06. The van der Waals surface area contributed by atoms with Gasteiger partial charge in [0.1, 0.15) is 0 Å². The summed E-state index contributed by atoms with van der Waals surface area (Å²) in [5.41, 5.74) is -0.329. The predicted octanol–water partition coefficient (Wildman–Crippen LogP) is -0.915. The van der Waals surface area contributed by atoms with Crippen LogP contribution in [0.4, 0.5) is 4.79 Å². The van der Waals surface area contributed by atoms with E-state index in [1.165, 1.54) is 14.1 Å². The van der Waals surface area contributed by atoms with Crippen molar-refractivity contribution in [1.29, 1.82) is 5.41 Å². The van der Waals surface area contributed by atoms with Crippen molar-refractivity contribution in [1.82, 2.24) is 9.80 Å². The first kappa shape index (κ1) is 10.0. The lowest BCUT2D eigenvalue weighted by atomic mass is 10.2. The number of carbonyl (C=O) groups excluding carboxylic acids is 3. The van der Waals surface area contributed by atoms with E-state index < -0.39 is 11.9 Å². The standard InChI is InChI=1S/C7H8N4O3/c1-10-5(8)4(9-3-12)6(13)11(2)7(10)14/h3,8H,1-2H3. The Hall–Kier alpha value is -2.05. The van der Waals surface area contributed by atoms with E-state index in [2.05, 4.69) is 4.99 Å². The average molecular weight is 196 g/mol. The number of rotatable bonds is 1. The van der Waals surface area contributed by atoms with Crippen LogP contribution in [0.1, 0.15) is 0 Å². The van der Waals surface area contributed by atoms with Gasteiger partial charge in [-0.15, -0.1) is 0 Å². The van der Waals surface area contributed by atoms with E-state index in [1.807, 2.05) is 0 Å². The molecule has 0 atom stereocenters. The van der Waals surface area contributed by atoms with Crippen molar-refractivity contribution in [3.05, 3.63) is 0 Å². The van der Waals surface area contributed by atoms with E-state index in [4.69, 9.17) is 5.41 Å². The highest BCUT2D eigenvalue weighted by atomic mass is 16.2. The molecule has 4 amide bonds. The Kier molecular flexibility index (Phi) is 2.41. The maximum atomic E-state index is 11.3. The lowest BCUT2D eigenvalue weighted by Crippen LogP contribution is -2.57. The molecule has 1 rings (SSSR count). The summed E-state index contributed by atoms with van der Waals surface area (Å²) in [6.07, 6.45) is 0.166. The molecule has 1 fully saturated rings. The number of amidine groups is 1. The van der Waals surface area contributed by atoms with Crippen molar-refractivity contribution in [2.45, 2.75) is 0 Å². The molecule has 74 valence electrons. The van der Waals surface area contributed by atoms with Gasteiger partial charge in [0.25, 0.3) is 5.91 Å². The van der Waals surface area contributed by atoms with Crippen molar-refractivity contribution in [2.75, 3.05) is 14.1 Å². The summed E-state index contributed by atoms with van der Waals surface area (Å²) in [5, 5.41) is 7.37. The van der Waals surface area contributed by atoms with Gasteiger partial charge in [-0.05, 0) is 0 Å². The molecule has 0 radical (unpaired) electrons. The Morgan fingerprint density at radius 3 is 2.36 bits per heavy atom. The average Bonchev–Trinajstić information content (AvgIpc) is 2.19. The molecule has 0 bridgehead atoms. The van der Waals surface area contributed by atoms with Crippen LogP contribution in [0.3, 0.4) is 0 Å². The van der Waals surface area contributed by atoms with E-state index in [0.717, 1.165) is 9.80 Å². The number of hydrogen-bond donors (Lipinski definition) is 1. The molecule has 1 aliphatic rings. The van der Waals surface area contributed by atoms with Crippen molar-refractivity contribution in [3.8, 4) is 0 Å². The van der Waals surface area contributed by atoms with Gasteiger partial charge in [0.15, 0.2) is 11.5 Å². The van der Waals surface area contributed by atoms with Crippen LogP contribution < -0.4 is 0 Å². The largest absolute Gasteiger partial charge is 0.332 e. The molecular weight excluding hydrogens is 188 g/mol. The monoisotopic (exact) mass is 196 g/mol. The molecule has 14 heavy (non-hydrogen) atoms. The van der Waals surface area contributed by atoms with Gasteiger partial charge >= 0.3 is 6.03 Å². The maximum Gasteiger partial charge on any atom is 0.332 e. The summed E-state index contributed by atoms with van der Waals surface area (Å²) < 4.78 is 0. The van der Waals surface area contributed by atoms with E-state index in [9.17, 15) is 14.4 Å². The fourth-order valence-corrected chi connectivity index (χ4v) is 0.996. The number of aliphatic imine (C=N–C) groups is 1. The molecule has 1 saturated heterocycles. The first-order valence-corrected chi connectivity index (χ1v) is 3.66. The molecule has 0 spiro atoms. The fraction of sp³-hybridized carbons (Fsp3) is 0.286. The maximum absolute atomic E-state index is 11.3. The minimum atomic E-state index is -0.745. The van der Waals surface area contributed by atoms with Gasteiger partial charge in [-0.25, -0.2) is 9.79 Å². The SMILES string of the molecule is CN1C(=N)C(=NC=O)C(=O)N(C)C1=O. The van der Waals surface area contributed by atoms with E-state index >= 15 is 0 Å². The second-order valence-corrected chi connectivity index (χ2v) is 2.64. The molecule has 0 aromatic carbocycles. The number of amides is 4. The van der Waals surface area contributed by atoms with E-state index in [-0.39, 0.29) is 18.0 Å². The lowest BCUT2D eigenvalue weighted by molar-refractivity contribution is -0.121. The van der Waals surface area contributed by atoms with Crippen LogP contribution in [0.25, 0.3) is 0 Å². The highest BCUT2D eigenvalue weighted by molar-refractivity contribution is 6.69. The molecule has 7 nitrogen and oxygen atoms in total. The zero-order valence-corrected chi connectivity index (χ0v) is 7.64. The number of hydrogen-bond acceptors (Lipinski definition) is 4. The van der Waals surface area contributed by atoms with Gasteiger partial charge in [-0.3, -0.25) is 24.8 Å². The topological polar surface area (TPSA) is 93.9 Å². The van der Waals surface area contributed by atoms with Crippen LogP contribution in [0.5, 0.6) is 0 Å². The first-order chi connectivity index (χ1) is 6.50. The van der Waals surface area contributed by atoms with Gasteiger partial charge < -0.3 is 0 Å². The number of imide groups is 1. The molecule has 1 heterocycles. The number of carbonyl (C=O) groups is 3. The van der Waals surface area contributed by atoms with Crippen LogP contribution >= 0.6 is 0 Å². The van der Waals surface area contributed by atoms with Crippen LogP contribution in [-0.2, 0) is 9.59 Å². The zero-order chi connectivity index (χ0) is 10.9. The molecule has 0 aliphatic carbocycles. The first-order valence-electron chi connectivity index (χ1n) is 3.66. The Morgan fingerprint density at radius 2 is 1.86 bits per heavy atom. The normalized spacial score (nSPS) is 20.7. The van der Waals surface area contributed by atoms with Gasteiger partial charge in [-0.1, -0.05) is 0 Å². The Bertz CT molecular complexity index is 334. The summed E-state index contributed by atoms with van der Waals surface area (Å²) in [7, 11) is 2.59. The van der Waals surface area contributed by atoms with Crippen molar-refractivity contribution in [2.24, 2.45) is 4.99 Å². The number of nitrogens with zero attached hydrogens (tertiary/aromatic N) is 3. The zero-order valence-electron chi connectivity index (χ0n) is 7.64. The number of urea groups is 1. The summed E-state index contributed by atoms with van der Waals surface area (Å²) in [6, 6.07) is -0.621. The fourth-order valence-electron chi connectivity index (χ4n) is 0.996. The van der Waals surface area contributed by atoms with Crippen molar-refractivity contribution >= 4 is 29.9 Å². The molecule has 1 N–H and O–H groups in total. The molecule has 1 aliphatic heterocycles. The van der Waals surface area contributed by atoms with Crippen LogP contribution in [0, 0.1) is 5.41 Å². The molecule has 0 saturated carbocycles. The number of nitrogens with one attached hydrogen (secondary N) is 1. The van der Waals surface area contributed by atoms with Gasteiger partial charge in [-0.2, -0.15) is 0 Å². The minimum absolute atomic E-state index is 0.166. The lowest BCUT2D eigenvalue weighted by Gasteiger charge is -2.29.